The minimum absolute atomic E-state index is 0.263. The third-order valence-electron chi connectivity index (χ3n) is 5.19. The highest BCUT2D eigenvalue weighted by Crippen LogP contribution is 2.25. The van der Waals surface area contributed by atoms with Crippen LogP contribution in [0.3, 0.4) is 0 Å². The Morgan fingerprint density at radius 3 is 2.59 bits per heavy atom. The molecule has 0 radical (unpaired) electrons. The second-order valence-electron chi connectivity index (χ2n) is 7.71. The number of nitrogens with one attached hydrogen (secondary N) is 2. The van der Waals surface area contributed by atoms with Crippen LogP contribution >= 0.6 is 0 Å². The Morgan fingerprint density at radius 1 is 1.07 bits per heavy atom. The number of nitrogens with zero attached hydrogens (tertiary/aromatic N) is 4. The summed E-state index contributed by atoms with van der Waals surface area (Å²) in [6, 6.07) is 13.0. The van der Waals surface area contributed by atoms with Crippen molar-refractivity contribution in [3.8, 4) is 0 Å². The van der Waals surface area contributed by atoms with Crippen molar-refractivity contribution in [3.63, 3.8) is 0 Å². The van der Waals surface area contributed by atoms with Gasteiger partial charge >= 0.3 is 0 Å². The molecule has 0 unspecified atom stereocenters. The molecule has 27 heavy (non-hydrogen) atoms. The van der Waals surface area contributed by atoms with E-state index in [0.717, 1.165) is 29.5 Å². The third kappa shape index (κ3) is 4.04. The van der Waals surface area contributed by atoms with Crippen LogP contribution in [0.25, 0.3) is 5.65 Å². The van der Waals surface area contributed by atoms with Gasteiger partial charge in [0.2, 0.25) is 5.65 Å². The maximum absolute atomic E-state index is 4.81. The summed E-state index contributed by atoms with van der Waals surface area (Å²) in [7, 11) is 0. The van der Waals surface area contributed by atoms with Crippen molar-refractivity contribution < 1.29 is 0 Å². The van der Waals surface area contributed by atoms with Gasteiger partial charge in [0, 0.05) is 24.6 Å². The largest absolute Gasteiger partial charge is 0.378 e. The molecule has 0 aliphatic heterocycles. The second kappa shape index (κ2) is 7.94. The van der Waals surface area contributed by atoms with E-state index in [1.165, 1.54) is 37.7 Å². The van der Waals surface area contributed by atoms with Gasteiger partial charge in [-0.3, -0.25) is 0 Å². The molecule has 0 atom stereocenters. The van der Waals surface area contributed by atoms with E-state index in [0.29, 0.717) is 6.04 Å². The van der Waals surface area contributed by atoms with Crippen LogP contribution in [0.4, 0.5) is 11.5 Å². The first kappa shape index (κ1) is 17.8. The van der Waals surface area contributed by atoms with Gasteiger partial charge < -0.3 is 10.6 Å². The van der Waals surface area contributed by atoms with Crippen LogP contribution < -0.4 is 10.6 Å². The minimum Gasteiger partial charge on any atom is -0.378 e. The Bertz CT molecular complexity index is 880. The molecule has 4 rings (SSSR count). The van der Waals surface area contributed by atoms with E-state index < -0.39 is 0 Å². The minimum atomic E-state index is 0.263. The zero-order chi connectivity index (χ0) is 18.6. The van der Waals surface area contributed by atoms with Crippen LogP contribution in [0, 0.1) is 0 Å². The number of rotatable bonds is 6. The number of hydrogen-bond acceptors (Lipinski definition) is 5. The van der Waals surface area contributed by atoms with E-state index in [9.17, 15) is 0 Å². The summed E-state index contributed by atoms with van der Waals surface area (Å²) in [5.74, 6) is 2.05. The molecule has 142 valence electrons. The fourth-order valence-electron chi connectivity index (χ4n) is 3.71. The quantitative estimate of drug-likeness (QED) is 0.669. The Labute approximate surface area is 160 Å². The number of aromatic nitrogens is 4. The monoisotopic (exact) mass is 364 g/mol. The lowest BCUT2D eigenvalue weighted by Gasteiger charge is -2.23. The molecule has 1 aromatic carbocycles. The standard InChI is InChI=1S/C21H28N6/c1-15(2)20-24-25-21-18(22-14-16-9-5-3-6-10-16)13-19(26-27(20)21)23-17-11-7-4-8-12-17/h3,5-6,9-10,13,15,17,22H,4,7-8,11-12,14H2,1-2H3,(H,23,26). The predicted molar refractivity (Wildman–Crippen MR) is 109 cm³/mol. The second-order valence-corrected chi connectivity index (χ2v) is 7.71. The molecular formula is C21H28N6. The molecule has 1 aliphatic rings. The lowest BCUT2D eigenvalue weighted by atomic mass is 9.95. The van der Waals surface area contributed by atoms with Gasteiger partial charge in [0.15, 0.2) is 5.82 Å². The van der Waals surface area contributed by atoms with Crippen molar-refractivity contribution in [1.82, 2.24) is 19.8 Å². The first-order valence-corrected chi connectivity index (χ1v) is 10.0. The topological polar surface area (TPSA) is 67.1 Å². The Hall–Kier alpha value is -2.63. The van der Waals surface area contributed by atoms with Gasteiger partial charge in [0.25, 0.3) is 0 Å². The van der Waals surface area contributed by atoms with Crippen LogP contribution in [0.15, 0.2) is 36.4 Å². The normalized spacial score (nSPS) is 15.4. The molecule has 6 nitrogen and oxygen atoms in total. The molecule has 1 saturated carbocycles. The Kier molecular flexibility index (Phi) is 5.23. The fourth-order valence-corrected chi connectivity index (χ4v) is 3.71. The van der Waals surface area contributed by atoms with Crippen molar-refractivity contribution in [2.75, 3.05) is 10.6 Å². The van der Waals surface area contributed by atoms with Gasteiger partial charge in [0.05, 0.1) is 5.69 Å². The maximum atomic E-state index is 4.81. The molecular weight excluding hydrogens is 336 g/mol. The Morgan fingerprint density at radius 2 is 1.85 bits per heavy atom. The van der Waals surface area contributed by atoms with Gasteiger partial charge in [-0.25, -0.2) is 0 Å². The number of fused-ring (bicyclic) bond motifs is 1. The Balaban J connectivity index is 1.64. The molecule has 0 bridgehead atoms. The van der Waals surface area contributed by atoms with Crippen LogP contribution in [-0.2, 0) is 6.54 Å². The molecule has 0 spiro atoms. The number of anilines is 2. The van der Waals surface area contributed by atoms with E-state index >= 15 is 0 Å². The van der Waals surface area contributed by atoms with Crippen molar-refractivity contribution in [2.24, 2.45) is 0 Å². The fraction of sp³-hybridized carbons (Fsp3) is 0.476. The van der Waals surface area contributed by atoms with E-state index in [1.807, 2.05) is 10.6 Å². The smallest absolute Gasteiger partial charge is 0.201 e. The van der Waals surface area contributed by atoms with Crippen LogP contribution in [0.2, 0.25) is 0 Å². The van der Waals surface area contributed by atoms with Crippen molar-refractivity contribution in [2.45, 2.75) is 64.5 Å². The highest BCUT2D eigenvalue weighted by atomic mass is 15.4. The van der Waals surface area contributed by atoms with E-state index in [1.54, 1.807) is 0 Å². The molecule has 2 aromatic heterocycles. The van der Waals surface area contributed by atoms with Crippen molar-refractivity contribution in [3.05, 3.63) is 47.8 Å². The molecule has 3 aromatic rings. The van der Waals surface area contributed by atoms with Gasteiger partial charge in [-0.1, -0.05) is 63.4 Å². The lowest BCUT2D eigenvalue weighted by Crippen LogP contribution is -2.23. The lowest BCUT2D eigenvalue weighted by molar-refractivity contribution is 0.461. The summed E-state index contributed by atoms with van der Waals surface area (Å²) in [6.07, 6.45) is 6.36. The van der Waals surface area contributed by atoms with Crippen LogP contribution in [0.5, 0.6) is 0 Å². The molecule has 1 fully saturated rings. The first-order valence-electron chi connectivity index (χ1n) is 10.0. The first-order chi connectivity index (χ1) is 13.2. The summed E-state index contributed by atoms with van der Waals surface area (Å²) >= 11 is 0. The molecule has 0 amide bonds. The van der Waals surface area contributed by atoms with E-state index in [4.69, 9.17) is 5.10 Å². The van der Waals surface area contributed by atoms with Gasteiger partial charge in [-0.15, -0.1) is 15.3 Å². The average molecular weight is 364 g/mol. The highest BCUT2D eigenvalue weighted by molar-refractivity contribution is 5.70. The third-order valence-corrected chi connectivity index (χ3v) is 5.19. The van der Waals surface area contributed by atoms with Crippen LogP contribution in [0.1, 0.15) is 63.3 Å². The molecule has 0 saturated heterocycles. The van der Waals surface area contributed by atoms with Crippen molar-refractivity contribution >= 4 is 17.2 Å². The van der Waals surface area contributed by atoms with Crippen molar-refractivity contribution in [1.29, 1.82) is 0 Å². The van der Waals surface area contributed by atoms with Gasteiger partial charge in [-0.2, -0.15) is 4.52 Å². The van der Waals surface area contributed by atoms with Gasteiger partial charge in [-0.05, 0) is 18.4 Å². The molecule has 1 aliphatic carbocycles. The number of hydrogen-bond donors (Lipinski definition) is 2. The summed E-state index contributed by atoms with van der Waals surface area (Å²) in [5, 5.41) is 20.8. The SMILES string of the molecule is CC(C)c1nnc2c(NCc3ccccc3)cc(NC3CCCCC3)nn12. The predicted octanol–water partition coefficient (Wildman–Crippen LogP) is 4.60. The zero-order valence-corrected chi connectivity index (χ0v) is 16.2. The number of benzene rings is 1. The van der Waals surface area contributed by atoms with E-state index in [2.05, 4.69) is 65.0 Å². The maximum Gasteiger partial charge on any atom is 0.201 e. The summed E-state index contributed by atoms with van der Waals surface area (Å²) in [4.78, 5) is 0. The zero-order valence-electron chi connectivity index (χ0n) is 16.2. The summed E-state index contributed by atoms with van der Waals surface area (Å²) in [5.41, 5.74) is 2.98. The average Bonchev–Trinajstić information content (AvgIpc) is 3.12. The summed E-state index contributed by atoms with van der Waals surface area (Å²) < 4.78 is 1.89. The molecule has 2 N–H and O–H groups in total. The van der Waals surface area contributed by atoms with Crippen LogP contribution in [-0.4, -0.2) is 25.9 Å². The van der Waals surface area contributed by atoms with E-state index in [-0.39, 0.29) is 5.92 Å². The highest BCUT2D eigenvalue weighted by Gasteiger charge is 2.18. The molecule has 6 heteroatoms. The summed E-state index contributed by atoms with van der Waals surface area (Å²) in [6.45, 7) is 4.99. The molecule has 2 heterocycles. The van der Waals surface area contributed by atoms with Gasteiger partial charge in [0.1, 0.15) is 5.82 Å².